The normalized spacial score (nSPS) is 27.2. The van der Waals surface area contributed by atoms with Crippen LogP contribution in [-0.2, 0) is 4.74 Å². The molecule has 6 heteroatoms. The van der Waals surface area contributed by atoms with Crippen LogP contribution >= 0.6 is 0 Å². The van der Waals surface area contributed by atoms with E-state index in [1.165, 1.54) is 6.20 Å². The van der Waals surface area contributed by atoms with E-state index in [2.05, 4.69) is 34.6 Å². The third-order valence-corrected chi connectivity index (χ3v) is 3.42. The number of aromatic nitrogens is 3. The van der Waals surface area contributed by atoms with Gasteiger partial charge in [-0.15, -0.1) is 0 Å². The van der Waals surface area contributed by atoms with Crippen LogP contribution in [0.1, 0.15) is 30.8 Å². The lowest BCUT2D eigenvalue weighted by Gasteiger charge is -2.51. The van der Waals surface area contributed by atoms with E-state index in [1.54, 1.807) is 7.11 Å². The minimum Gasteiger partial charge on any atom is -0.381 e. The zero-order chi connectivity index (χ0) is 11.8. The van der Waals surface area contributed by atoms with Crippen molar-refractivity contribution in [1.82, 2.24) is 20.7 Å². The number of aromatic amines is 1. The van der Waals surface area contributed by atoms with Crippen molar-refractivity contribution in [2.45, 2.75) is 32.4 Å². The predicted molar refractivity (Wildman–Crippen MR) is 56.8 cm³/mol. The first-order chi connectivity index (χ1) is 7.55. The van der Waals surface area contributed by atoms with Gasteiger partial charge in [0.1, 0.15) is 0 Å². The van der Waals surface area contributed by atoms with Crippen LogP contribution in [0.15, 0.2) is 6.20 Å². The summed E-state index contributed by atoms with van der Waals surface area (Å²) in [6.45, 7) is 4.16. The van der Waals surface area contributed by atoms with Gasteiger partial charge in [0.25, 0.3) is 5.91 Å². The van der Waals surface area contributed by atoms with Crippen LogP contribution in [0.3, 0.4) is 0 Å². The van der Waals surface area contributed by atoms with Gasteiger partial charge in [-0.2, -0.15) is 15.4 Å². The Morgan fingerprint density at radius 2 is 2.44 bits per heavy atom. The summed E-state index contributed by atoms with van der Waals surface area (Å²) in [5, 5.41) is 12.7. The third kappa shape index (κ3) is 1.69. The minimum atomic E-state index is -0.193. The van der Waals surface area contributed by atoms with Gasteiger partial charge in [0.05, 0.1) is 12.3 Å². The van der Waals surface area contributed by atoms with Crippen LogP contribution < -0.4 is 5.32 Å². The Morgan fingerprint density at radius 3 is 2.94 bits per heavy atom. The van der Waals surface area contributed by atoms with Gasteiger partial charge in [-0.3, -0.25) is 4.79 Å². The van der Waals surface area contributed by atoms with E-state index >= 15 is 0 Å². The van der Waals surface area contributed by atoms with E-state index in [0.29, 0.717) is 5.69 Å². The van der Waals surface area contributed by atoms with Crippen LogP contribution in [0, 0.1) is 5.41 Å². The van der Waals surface area contributed by atoms with Crippen molar-refractivity contribution >= 4 is 5.91 Å². The molecule has 1 aromatic heterocycles. The Bertz CT molecular complexity index is 374. The maximum atomic E-state index is 11.7. The summed E-state index contributed by atoms with van der Waals surface area (Å²) in [6.07, 6.45) is 2.46. The first-order valence-electron chi connectivity index (χ1n) is 5.25. The number of hydrogen-bond acceptors (Lipinski definition) is 4. The average molecular weight is 224 g/mol. The monoisotopic (exact) mass is 224 g/mol. The van der Waals surface area contributed by atoms with Gasteiger partial charge >= 0.3 is 0 Å². The molecule has 1 aliphatic carbocycles. The number of nitrogens with one attached hydrogen (secondary N) is 2. The second kappa shape index (κ2) is 3.86. The molecule has 1 saturated carbocycles. The summed E-state index contributed by atoms with van der Waals surface area (Å²) in [5.41, 5.74) is 0.283. The van der Waals surface area contributed by atoms with E-state index in [-0.39, 0.29) is 23.5 Å². The van der Waals surface area contributed by atoms with Crippen LogP contribution in [0.25, 0.3) is 0 Å². The molecule has 88 valence electrons. The number of nitrogens with zero attached hydrogens (tertiary/aromatic N) is 2. The maximum Gasteiger partial charge on any atom is 0.273 e. The maximum absolute atomic E-state index is 11.7. The second-order valence-electron chi connectivity index (χ2n) is 4.66. The molecule has 0 aromatic carbocycles. The lowest BCUT2D eigenvalue weighted by Crippen LogP contribution is -2.61. The van der Waals surface area contributed by atoms with Crippen molar-refractivity contribution in [3.05, 3.63) is 11.9 Å². The van der Waals surface area contributed by atoms with Gasteiger partial charge in [0.15, 0.2) is 5.69 Å². The second-order valence-corrected chi connectivity index (χ2v) is 4.66. The fraction of sp³-hybridized carbons (Fsp3) is 0.700. The molecule has 0 aliphatic heterocycles. The molecule has 2 N–H and O–H groups in total. The standard InChI is InChI=1S/C10H16N4O2/c1-10(2)7(4-8(10)16-3)12-9(15)6-5-11-14-13-6/h5,7-8H,4H2,1-3H3,(H,12,15)(H,11,13,14). The van der Waals surface area contributed by atoms with Crippen LogP contribution in [-0.4, -0.2) is 40.6 Å². The summed E-state index contributed by atoms with van der Waals surface area (Å²) in [5.74, 6) is -0.193. The highest BCUT2D eigenvalue weighted by Gasteiger charge is 2.49. The molecule has 1 aliphatic rings. The molecule has 1 amide bonds. The van der Waals surface area contributed by atoms with Gasteiger partial charge in [-0.1, -0.05) is 13.8 Å². The van der Waals surface area contributed by atoms with Gasteiger partial charge in [0, 0.05) is 18.6 Å². The first kappa shape index (κ1) is 11.1. The fourth-order valence-electron chi connectivity index (χ4n) is 2.07. The molecule has 0 saturated heterocycles. The molecule has 16 heavy (non-hydrogen) atoms. The minimum absolute atomic E-state index is 0.0336. The van der Waals surface area contributed by atoms with E-state index in [1.807, 2.05) is 0 Å². The smallest absolute Gasteiger partial charge is 0.273 e. The van der Waals surface area contributed by atoms with Crippen molar-refractivity contribution in [1.29, 1.82) is 0 Å². The van der Waals surface area contributed by atoms with Gasteiger partial charge in [-0.05, 0) is 6.42 Å². The molecule has 2 unspecified atom stereocenters. The van der Waals surface area contributed by atoms with Crippen LogP contribution in [0.2, 0.25) is 0 Å². The molecule has 1 aromatic rings. The largest absolute Gasteiger partial charge is 0.381 e. The first-order valence-corrected chi connectivity index (χ1v) is 5.25. The third-order valence-electron chi connectivity index (χ3n) is 3.42. The summed E-state index contributed by atoms with van der Waals surface area (Å²) in [4.78, 5) is 11.7. The number of carbonyl (C=O) groups excluding carboxylic acids is 1. The lowest BCUT2D eigenvalue weighted by molar-refractivity contribution is -0.0942. The molecule has 2 rings (SSSR count). The van der Waals surface area contributed by atoms with E-state index in [9.17, 15) is 4.79 Å². The number of amides is 1. The molecular weight excluding hydrogens is 208 g/mol. The highest BCUT2D eigenvalue weighted by Crippen LogP contribution is 2.42. The molecule has 2 atom stereocenters. The molecule has 0 radical (unpaired) electrons. The van der Waals surface area contributed by atoms with Crippen molar-refractivity contribution in [3.8, 4) is 0 Å². The number of carbonyl (C=O) groups is 1. The van der Waals surface area contributed by atoms with Gasteiger partial charge in [-0.25, -0.2) is 0 Å². The van der Waals surface area contributed by atoms with Crippen molar-refractivity contribution in [2.24, 2.45) is 5.41 Å². The van der Waals surface area contributed by atoms with Crippen molar-refractivity contribution in [3.63, 3.8) is 0 Å². The molecule has 0 bridgehead atoms. The van der Waals surface area contributed by atoms with E-state index in [4.69, 9.17) is 4.74 Å². The summed E-state index contributed by atoms with van der Waals surface area (Å²) in [7, 11) is 1.70. The predicted octanol–water partition coefficient (Wildman–Crippen LogP) is 0.348. The molecule has 1 heterocycles. The lowest BCUT2D eigenvalue weighted by atomic mass is 9.64. The van der Waals surface area contributed by atoms with Gasteiger partial charge in [0.2, 0.25) is 0 Å². The van der Waals surface area contributed by atoms with E-state index in [0.717, 1.165) is 6.42 Å². The zero-order valence-corrected chi connectivity index (χ0v) is 9.65. The topological polar surface area (TPSA) is 79.9 Å². The quantitative estimate of drug-likeness (QED) is 0.776. The highest BCUT2D eigenvalue weighted by molar-refractivity contribution is 5.92. The van der Waals surface area contributed by atoms with Crippen molar-refractivity contribution in [2.75, 3.05) is 7.11 Å². The fourth-order valence-corrected chi connectivity index (χ4v) is 2.07. The molecule has 1 fully saturated rings. The number of methoxy groups -OCH3 is 1. The van der Waals surface area contributed by atoms with Crippen molar-refractivity contribution < 1.29 is 9.53 Å². The average Bonchev–Trinajstić information content (AvgIpc) is 2.76. The number of hydrogen-bond donors (Lipinski definition) is 2. The van der Waals surface area contributed by atoms with Crippen LogP contribution in [0.4, 0.5) is 0 Å². The van der Waals surface area contributed by atoms with E-state index < -0.39 is 0 Å². The Hall–Kier alpha value is -1.43. The Morgan fingerprint density at radius 1 is 1.69 bits per heavy atom. The Balaban J connectivity index is 1.95. The Labute approximate surface area is 93.8 Å². The zero-order valence-electron chi connectivity index (χ0n) is 9.65. The number of H-pyrrole nitrogens is 1. The number of rotatable bonds is 3. The Kier molecular flexibility index (Phi) is 2.67. The molecular formula is C10H16N4O2. The number of ether oxygens (including phenoxy) is 1. The highest BCUT2D eigenvalue weighted by atomic mass is 16.5. The summed E-state index contributed by atoms with van der Waals surface area (Å²) >= 11 is 0. The molecule has 0 spiro atoms. The summed E-state index contributed by atoms with van der Waals surface area (Å²) < 4.78 is 5.32. The van der Waals surface area contributed by atoms with Gasteiger partial charge < -0.3 is 10.1 Å². The molecule has 6 nitrogen and oxygen atoms in total. The summed E-state index contributed by atoms with van der Waals surface area (Å²) in [6, 6.07) is 0.127. The SMILES string of the molecule is COC1CC(NC(=O)c2cn[nH]n2)C1(C)C. The van der Waals surface area contributed by atoms with Crippen LogP contribution in [0.5, 0.6) is 0 Å².